The van der Waals surface area contributed by atoms with Gasteiger partial charge in [-0.25, -0.2) is 13.6 Å². The van der Waals surface area contributed by atoms with Gasteiger partial charge < -0.3 is 5.32 Å². The van der Waals surface area contributed by atoms with Crippen molar-refractivity contribution in [2.75, 3.05) is 5.32 Å². The van der Waals surface area contributed by atoms with E-state index in [-0.39, 0.29) is 21.3 Å². The zero-order chi connectivity index (χ0) is 12.3. The van der Waals surface area contributed by atoms with Crippen LogP contribution >= 0.6 is 11.3 Å². The summed E-state index contributed by atoms with van der Waals surface area (Å²) in [6.45, 7) is 3.80. The normalized spacial score (nSPS) is 11.8. The van der Waals surface area contributed by atoms with E-state index in [1.807, 2.05) is 13.8 Å². The fourth-order valence-corrected chi connectivity index (χ4v) is 2.27. The number of nitrogens with one attached hydrogen (secondary N) is 1. The zero-order valence-corrected chi connectivity index (χ0v) is 10.4. The van der Waals surface area contributed by atoms with E-state index in [1.54, 1.807) is 0 Å². The van der Waals surface area contributed by atoms with Crippen molar-refractivity contribution in [3.63, 3.8) is 0 Å². The first-order valence-corrected chi connectivity index (χ1v) is 6.81. The van der Waals surface area contributed by atoms with Gasteiger partial charge in [-0.1, -0.05) is 25.2 Å². The lowest BCUT2D eigenvalue weighted by atomic mass is 10.1. The van der Waals surface area contributed by atoms with E-state index in [0.29, 0.717) is 6.42 Å². The Kier molecular flexibility index (Phi) is 3.94. The van der Waals surface area contributed by atoms with Crippen LogP contribution in [0.15, 0.2) is 4.34 Å². The Bertz CT molecular complexity index is 480. The number of primary sulfonamides is 1. The first-order chi connectivity index (χ1) is 7.29. The third-order valence-electron chi connectivity index (χ3n) is 1.49. The molecule has 9 heteroatoms. The summed E-state index contributed by atoms with van der Waals surface area (Å²) < 4.78 is 21.5. The van der Waals surface area contributed by atoms with Crippen molar-refractivity contribution in [1.29, 1.82) is 0 Å². The van der Waals surface area contributed by atoms with E-state index in [2.05, 4.69) is 15.5 Å². The molecule has 7 nitrogen and oxygen atoms in total. The number of anilines is 1. The van der Waals surface area contributed by atoms with Crippen LogP contribution < -0.4 is 10.5 Å². The van der Waals surface area contributed by atoms with Gasteiger partial charge in [-0.3, -0.25) is 4.79 Å². The number of carbonyl (C=O) groups is 1. The molecule has 0 aromatic carbocycles. The molecule has 90 valence electrons. The minimum Gasteiger partial charge on any atom is -0.300 e. The molecule has 0 spiro atoms. The second kappa shape index (κ2) is 4.85. The van der Waals surface area contributed by atoms with Crippen LogP contribution in [0.2, 0.25) is 0 Å². The van der Waals surface area contributed by atoms with Crippen molar-refractivity contribution in [3.05, 3.63) is 0 Å². The third-order valence-corrected chi connectivity index (χ3v) is 3.64. The monoisotopic (exact) mass is 264 g/mol. The Balaban J connectivity index is 2.70. The second-order valence-electron chi connectivity index (χ2n) is 3.56. The maximum Gasteiger partial charge on any atom is 0.267 e. The molecule has 0 radical (unpaired) electrons. The van der Waals surface area contributed by atoms with Gasteiger partial charge in [-0.15, -0.1) is 10.2 Å². The van der Waals surface area contributed by atoms with Gasteiger partial charge in [0.05, 0.1) is 0 Å². The standard InChI is InChI=1S/C7H12N4O3S2/c1-4(2)3-5(12)9-6-10-11-7(15-6)16(8,13)14/h4H,3H2,1-2H3,(H2,8,13,14)(H,9,10,12). The van der Waals surface area contributed by atoms with E-state index in [4.69, 9.17) is 5.14 Å². The number of amides is 1. The summed E-state index contributed by atoms with van der Waals surface area (Å²) in [7, 11) is -3.85. The average molecular weight is 264 g/mol. The SMILES string of the molecule is CC(C)CC(=O)Nc1nnc(S(N)(=O)=O)s1. The van der Waals surface area contributed by atoms with Crippen LogP contribution in [0, 0.1) is 5.92 Å². The number of hydrogen-bond donors (Lipinski definition) is 2. The van der Waals surface area contributed by atoms with Gasteiger partial charge in [0.2, 0.25) is 15.4 Å². The van der Waals surface area contributed by atoms with Crippen molar-refractivity contribution >= 4 is 32.4 Å². The number of rotatable bonds is 4. The highest BCUT2D eigenvalue weighted by atomic mass is 32.2. The third kappa shape index (κ3) is 3.83. The Labute approximate surface area is 97.1 Å². The molecule has 1 aromatic rings. The predicted molar refractivity (Wildman–Crippen MR) is 59.4 cm³/mol. The highest BCUT2D eigenvalue weighted by Crippen LogP contribution is 2.18. The molecule has 1 aromatic heterocycles. The van der Waals surface area contributed by atoms with E-state index >= 15 is 0 Å². The van der Waals surface area contributed by atoms with Crippen LogP contribution in [0.25, 0.3) is 0 Å². The Morgan fingerprint density at radius 2 is 2.12 bits per heavy atom. The average Bonchev–Trinajstić information content (AvgIpc) is 2.49. The van der Waals surface area contributed by atoms with Crippen LogP contribution in [-0.2, 0) is 14.8 Å². The van der Waals surface area contributed by atoms with Crippen molar-refractivity contribution in [1.82, 2.24) is 10.2 Å². The van der Waals surface area contributed by atoms with Crippen molar-refractivity contribution in [3.8, 4) is 0 Å². The summed E-state index contributed by atoms with van der Waals surface area (Å²) in [6, 6.07) is 0. The Morgan fingerprint density at radius 1 is 1.50 bits per heavy atom. The summed E-state index contributed by atoms with van der Waals surface area (Å²) in [5.41, 5.74) is 0. The van der Waals surface area contributed by atoms with Gasteiger partial charge >= 0.3 is 0 Å². The van der Waals surface area contributed by atoms with Gasteiger partial charge in [0, 0.05) is 6.42 Å². The molecule has 1 amide bonds. The van der Waals surface area contributed by atoms with E-state index in [0.717, 1.165) is 11.3 Å². The highest BCUT2D eigenvalue weighted by molar-refractivity contribution is 7.91. The molecule has 1 rings (SSSR count). The van der Waals surface area contributed by atoms with Gasteiger partial charge in [0.15, 0.2) is 0 Å². The molecule has 3 N–H and O–H groups in total. The van der Waals surface area contributed by atoms with E-state index < -0.39 is 10.0 Å². The van der Waals surface area contributed by atoms with Crippen LogP contribution in [0.3, 0.4) is 0 Å². The van der Waals surface area contributed by atoms with Crippen molar-refractivity contribution < 1.29 is 13.2 Å². The maximum atomic E-state index is 11.3. The first kappa shape index (κ1) is 13.0. The number of aromatic nitrogens is 2. The molecular formula is C7H12N4O3S2. The lowest BCUT2D eigenvalue weighted by molar-refractivity contribution is -0.116. The topological polar surface area (TPSA) is 115 Å². The van der Waals surface area contributed by atoms with Gasteiger partial charge in [0.25, 0.3) is 10.0 Å². The molecule has 0 aliphatic rings. The van der Waals surface area contributed by atoms with Crippen LogP contribution in [0.5, 0.6) is 0 Å². The highest BCUT2D eigenvalue weighted by Gasteiger charge is 2.16. The number of carbonyl (C=O) groups excluding carboxylic acids is 1. The largest absolute Gasteiger partial charge is 0.300 e. The Morgan fingerprint density at radius 3 is 2.56 bits per heavy atom. The smallest absolute Gasteiger partial charge is 0.267 e. The molecule has 0 unspecified atom stereocenters. The fourth-order valence-electron chi connectivity index (χ4n) is 0.916. The van der Waals surface area contributed by atoms with Crippen LogP contribution in [0.4, 0.5) is 5.13 Å². The summed E-state index contributed by atoms with van der Waals surface area (Å²) >= 11 is 0.728. The first-order valence-electron chi connectivity index (χ1n) is 4.45. The van der Waals surface area contributed by atoms with Crippen LogP contribution in [0.1, 0.15) is 20.3 Å². The van der Waals surface area contributed by atoms with Gasteiger partial charge in [-0.05, 0) is 5.92 Å². The lowest BCUT2D eigenvalue weighted by Crippen LogP contribution is -2.13. The second-order valence-corrected chi connectivity index (χ2v) is 6.28. The molecule has 0 atom stereocenters. The summed E-state index contributed by atoms with van der Waals surface area (Å²) in [6.07, 6.45) is 0.338. The minimum absolute atomic E-state index is 0.134. The molecular weight excluding hydrogens is 252 g/mol. The molecule has 1 heterocycles. The van der Waals surface area contributed by atoms with Gasteiger partial charge in [-0.2, -0.15) is 0 Å². The van der Waals surface area contributed by atoms with Crippen LogP contribution in [-0.4, -0.2) is 24.5 Å². The lowest BCUT2D eigenvalue weighted by Gasteiger charge is -2.02. The Hall–Kier alpha value is -1.06. The summed E-state index contributed by atoms with van der Waals surface area (Å²) in [5, 5.41) is 14.3. The molecule has 16 heavy (non-hydrogen) atoms. The summed E-state index contributed by atoms with van der Waals surface area (Å²) in [4.78, 5) is 11.3. The number of hydrogen-bond acceptors (Lipinski definition) is 6. The molecule has 0 fully saturated rings. The van der Waals surface area contributed by atoms with Crippen molar-refractivity contribution in [2.45, 2.75) is 24.6 Å². The number of sulfonamides is 1. The summed E-state index contributed by atoms with van der Waals surface area (Å²) in [5.74, 6) is -0.0160. The molecule has 0 aliphatic carbocycles. The fraction of sp³-hybridized carbons (Fsp3) is 0.571. The zero-order valence-electron chi connectivity index (χ0n) is 8.80. The molecule has 0 saturated carbocycles. The maximum absolute atomic E-state index is 11.3. The molecule has 0 bridgehead atoms. The minimum atomic E-state index is -3.85. The quantitative estimate of drug-likeness (QED) is 0.752. The number of nitrogens with two attached hydrogens (primary N) is 1. The molecule has 0 saturated heterocycles. The predicted octanol–water partition coefficient (Wildman–Crippen LogP) is 0.170. The van der Waals surface area contributed by atoms with Crippen molar-refractivity contribution in [2.24, 2.45) is 11.1 Å². The van der Waals surface area contributed by atoms with Gasteiger partial charge in [0.1, 0.15) is 0 Å². The molecule has 0 aliphatic heterocycles. The number of nitrogens with zero attached hydrogens (tertiary/aromatic N) is 2. The van der Waals surface area contributed by atoms with E-state index in [9.17, 15) is 13.2 Å². The van der Waals surface area contributed by atoms with E-state index in [1.165, 1.54) is 0 Å².